The third-order valence-electron chi connectivity index (χ3n) is 14.4. The van der Waals surface area contributed by atoms with Crippen molar-refractivity contribution in [2.75, 3.05) is 36.8 Å². The maximum Gasteiger partial charge on any atom is 0.410 e. The van der Waals surface area contributed by atoms with Crippen molar-refractivity contribution in [1.82, 2.24) is 40.1 Å². The van der Waals surface area contributed by atoms with Crippen LogP contribution in [0.15, 0.2) is 97.6 Å². The van der Waals surface area contributed by atoms with Crippen LogP contribution in [0.2, 0.25) is 0 Å². The van der Waals surface area contributed by atoms with Crippen LogP contribution in [0.25, 0.3) is 22.8 Å². The number of alkyl halides is 2. The van der Waals surface area contributed by atoms with Crippen LogP contribution in [0, 0.1) is 22.7 Å². The number of nitrogens with zero attached hydrogens (tertiary/aromatic N) is 9. The molecule has 2 aromatic heterocycles. The number of halogens is 2. The van der Waals surface area contributed by atoms with Gasteiger partial charge in [-0.2, -0.15) is 20.5 Å². The highest BCUT2D eigenvalue weighted by Crippen LogP contribution is 2.34. The fourth-order valence-electron chi connectivity index (χ4n) is 10.2. The van der Waals surface area contributed by atoms with E-state index >= 15 is 0 Å². The second kappa shape index (κ2) is 25.3. The molecule has 77 heavy (non-hydrogen) atoms. The van der Waals surface area contributed by atoms with E-state index in [4.69, 9.17) is 14.2 Å². The van der Waals surface area contributed by atoms with E-state index in [2.05, 4.69) is 82.3 Å². The van der Waals surface area contributed by atoms with Crippen LogP contribution >= 0.6 is 0 Å². The topological polar surface area (TPSA) is 209 Å². The van der Waals surface area contributed by atoms with Gasteiger partial charge in [-0.05, 0) is 182 Å². The summed E-state index contributed by atoms with van der Waals surface area (Å²) in [7, 11) is 0. The number of likely N-dealkylation sites (tertiary alicyclic amines) is 1. The molecule has 6 aromatic rings. The molecule has 1 amide bonds. The molecule has 0 radical (unpaired) electrons. The number of hydrogen-bond acceptors (Lipinski definition) is 15. The van der Waals surface area contributed by atoms with Crippen LogP contribution in [0.5, 0.6) is 11.5 Å². The van der Waals surface area contributed by atoms with Crippen molar-refractivity contribution >= 4 is 29.4 Å². The lowest BCUT2D eigenvalue weighted by Gasteiger charge is -2.33. The molecule has 400 valence electrons. The Morgan fingerprint density at radius 2 is 1.05 bits per heavy atom. The lowest BCUT2D eigenvalue weighted by Crippen LogP contribution is -2.41. The Morgan fingerprint density at radius 1 is 0.610 bits per heavy atom. The van der Waals surface area contributed by atoms with Gasteiger partial charge in [0.2, 0.25) is 11.9 Å². The van der Waals surface area contributed by atoms with E-state index < -0.39 is 30.2 Å². The van der Waals surface area contributed by atoms with Crippen molar-refractivity contribution in [2.24, 2.45) is 0 Å². The molecule has 3 N–H and O–H groups in total. The highest BCUT2D eigenvalue weighted by Gasteiger charge is 2.30. The molecule has 18 heteroatoms. The number of aromatic nitrogens is 6. The zero-order valence-corrected chi connectivity index (χ0v) is 43.9. The first-order chi connectivity index (χ1) is 37.4. The Morgan fingerprint density at radius 3 is 1.48 bits per heavy atom. The third kappa shape index (κ3) is 14.6. The SMILES string of the molecule is CC(C)(C)OC(=O)N1CCC(c2ccc(Nc3ncnc(-c4ccc(O[C@H]5CCCC[C@H]5F)c(C#N)c4)n3)cc2)CC1.N#Cc1cc(-c2ncnc(Nc3ccc(C4CCNCC4)cc3)n2)ccc1O[C@H]1CCCC[C@H]1F. The van der Waals surface area contributed by atoms with E-state index in [1.807, 2.05) is 45.0 Å². The molecule has 4 aliphatic rings. The molecule has 2 aliphatic heterocycles. The maximum absolute atomic E-state index is 14.3. The Balaban J connectivity index is 0.000000191. The van der Waals surface area contributed by atoms with Crippen molar-refractivity contribution in [1.29, 1.82) is 10.5 Å². The summed E-state index contributed by atoms with van der Waals surface area (Å²) < 4.78 is 45.7. The van der Waals surface area contributed by atoms with Gasteiger partial charge in [0.1, 0.15) is 66.4 Å². The number of amides is 1. The molecule has 0 unspecified atom stereocenters. The number of carbonyl (C=O) groups is 1. The second-order valence-corrected chi connectivity index (χ2v) is 21.1. The highest BCUT2D eigenvalue weighted by atomic mass is 19.1. The predicted molar refractivity (Wildman–Crippen MR) is 290 cm³/mol. The lowest BCUT2D eigenvalue weighted by atomic mass is 9.89. The first-order valence-electron chi connectivity index (χ1n) is 26.9. The smallest absolute Gasteiger partial charge is 0.410 e. The van der Waals surface area contributed by atoms with Crippen molar-refractivity contribution < 1.29 is 27.8 Å². The molecule has 4 heterocycles. The summed E-state index contributed by atoms with van der Waals surface area (Å²) >= 11 is 0. The number of anilines is 4. The van der Waals surface area contributed by atoms with Gasteiger partial charge in [0.15, 0.2) is 11.6 Å². The number of nitriles is 2. The minimum absolute atomic E-state index is 0.250. The largest absolute Gasteiger partial charge is 0.486 e. The number of piperidine rings is 2. The lowest BCUT2D eigenvalue weighted by molar-refractivity contribution is 0.0204. The second-order valence-electron chi connectivity index (χ2n) is 21.1. The summed E-state index contributed by atoms with van der Waals surface area (Å²) in [5.41, 5.74) is 5.76. The molecular weight excluding hydrogens is 979 g/mol. The summed E-state index contributed by atoms with van der Waals surface area (Å²) in [5, 5.41) is 29.2. The Hall–Kier alpha value is -7.83. The van der Waals surface area contributed by atoms with Gasteiger partial charge in [-0.15, -0.1) is 0 Å². The number of hydrogen-bond donors (Lipinski definition) is 3. The number of rotatable bonds is 12. The summed E-state index contributed by atoms with van der Waals surface area (Å²) in [5.74, 6) is 3.39. The molecule has 0 spiro atoms. The molecule has 2 aliphatic carbocycles. The zero-order valence-electron chi connectivity index (χ0n) is 43.9. The standard InChI is InChI=1S/C32H37FN6O3.C27H29FN6O/c1-32(2,3)42-31(40)39-16-14-22(15-17-39)21-8-11-25(12-9-21)37-30-36-20-35-29(38-30)23-10-13-27(24(18-23)19-34)41-28-7-5-4-6-26(28)33;28-23-3-1-2-4-25(23)35-24-10-7-20(15-21(24)16-29)26-31-17-32-27(34-26)33-22-8-5-18(6-9-22)19-11-13-30-14-12-19/h8-13,18,20,22,26,28H,4-7,14-17H2,1-3H3,(H,35,36,37,38);5-10,15,17,19,23,25,30H,1-4,11-14H2,(H,31,32,33,34)/t26-,28+;23-,25+/m11/s1. The molecule has 2 saturated carbocycles. The summed E-state index contributed by atoms with van der Waals surface area (Å²) in [4.78, 5) is 40.3. The molecular formula is C59H66F2N12O4. The first-order valence-corrected chi connectivity index (χ1v) is 26.9. The Kier molecular flexibility index (Phi) is 17.8. The van der Waals surface area contributed by atoms with Crippen LogP contribution in [-0.2, 0) is 4.74 Å². The van der Waals surface area contributed by atoms with Crippen molar-refractivity contribution in [3.63, 3.8) is 0 Å². The molecule has 2 saturated heterocycles. The van der Waals surface area contributed by atoms with Gasteiger partial charge in [-0.3, -0.25) is 0 Å². The van der Waals surface area contributed by atoms with E-state index in [0.717, 1.165) is 75.8 Å². The molecule has 0 bridgehead atoms. The number of nitrogens with one attached hydrogen (secondary N) is 3. The van der Waals surface area contributed by atoms with Crippen molar-refractivity contribution in [2.45, 2.75) is 140 Å². The van der Waals surface area contributed by atoms with Gasteiger partial charge in [-0.1, -0.05) is 37.1 Å². The van der Waals surface area contributed by atoms with E-state index in [-0.39, 0.29) is 6.09 Å². The predicted octanol–water partition coefficient (Wildman–Crippen LogP) is 12.2. The molecule has 4 atom stereocenters. The fraction of sp³-hybridized carbons (Fsp3) is 0.441. The fourth-order valence-corrected chi connectivity index (χ4v) is 10.2. The van der Waals surface area contributed by atoms with E-state index in [0.29, 0.717) is 108 Å². The Labute approximate surface area is 449 Å². The van der Waals surface area contributed by atoms with Gasteiger partial charge in [0.05, 0.1) is 11.1 Å². The van der Waals surface area contributed by atoms with Crippen LogP contribution in [0.3, 0.4) is 0 Å². The van der Waals surface area contributed by atoms with Crippen LogP contribution in [-0.4, -0.2) is 97.2 Å². The average molecular weight is 1050 g/mol. The third-order valence-corrected chi connectivity index (χ3v) is 14.4. The van der Waals surface area contributed by atoms with Crippen molar-refractivity contribution in [3.05, 3.63) is 120 Å². The van der Waals surface area contributed by atoms with Gasteiger partial charge in [0.25, 0.3) is 0 Å². The zero-order chi connectivity index (χ0) is 53.7. The van der Waals surface area contributed by atoms with Gasteiger partial charge in [0, 0.05) is 35.6 Å². The number of benzene rings is 4. The van der Waals surface area contributed by atoms with Crippen molar-refractivity contribution in [3.8, 4) is 46.4 Å². The molecule has 16 nitrogen and oxygen atoms in total. The molecule has 4 aromatic carbocycles. The summed E-state index contributed by atoms with van der Waals surface area (Å²) in [6, 6.07) is 31.2. The van der Waals surface area contributed by atoms with Crippen LogP contribution < -0.4 is 25.4 Å². The minimum atomic E-state index is -1.02. The van der Waals surface area contributed by atoms with Crippen LogP contribution in [0.1, 0.15) is 132 Å². The van der Waals surface area contributed by atoms with E-state index in [9.17, 15) is 24.1 Å². The maximum atomic E-state index is 14.3. The first kappa shape index (κ1) is 54.0. The Bertz CT molecular complexity index is 3020. The highest BCUT2D eigenvalue weighted by molar-refractivity contribution is 5.68. The quantitative estimate of drug-likeness (QED) is 0.104. The number of ether oxygens (including phenoxy) is 3. The minimum Gasteiger partial charge on any atom is -0.486 e. The number of carbonyl (C=O) groups excluding carboxylic acids is 1. The summed E-state index contributed by atoms with van der Waals surface area (Å²) in [6.45, 7) is 9.11. The normalized spacial score (nSPS) is 20.1. The monoisotopic (exact) mass is 1040 g/mol. The molecule has 10 rings (SSSR count). The van der Waals surface area contributed by atoms with Gasteiger partial charge >= 0.3 is 6.09 Å². The van der Waals surface area contributed by atoms with Gasteiger partial charge in [-0.25, -0.2) is 33.5 Å². The van der Waals surface area contributed by atoms with Crippen LogP contribution in [0.4, 0.5) is 36.8 Å². The van der Waals surface area contributed by atoms with E-state index in [1.54, 1.807) is 41.3 Å². The average Bonchev–Trinajstić information content (AvgIpc) is 3.45. The van der Waals surface area contributed by atoms with Gasteiger partial charge < -0.3 is 35.1 Å². The molecule has 4 fully saturated rings. The van der Waals surface area contributed by atoms with E-state index in [1.165, 1.54) is 23.8 Å². The summed E-state index contributed by atoms with van der Waals surface area (Å²) in [6.07, 6.45) is 9.55.